The summed E-state index contributed by atoms with van der Waals surface area (Å²) in [5.74, 6) is 1.38. The predicted molar refractivity (Wildman–Crippen MR) is 75.4 cm³/mol. The number of nitrogens with zero attached hydrogens (tertiary/aromatic N) is 2. The maximum absolute atomic E-state index is 12.5. The van der Waals surface area contributed by atoms with E-state index < -0.39 is 10.0 Å². The molecule has 0 spiro atoms. The first kappa shape index (κ1) is 15.2. The van der Waals surface area contributed by atoms with Gasteiger partial charge in [-0.25, -0.2) is 8.42 Å². The molecular formula is C13H25N2O3S. The van der Waals surface area contributed by atoms with Gasteiger partial charge in [-0.05, 0) is 31.8 Å². The fraction of sp³-hybridized carbons (Fsp3) is 0.923. The average molecular weight is 289 g/mol. The zero-order chi connectivity index (χ0) is 13.9. The molecule has 0 atom stereocenters. The second-order valence-corrected chi connectivity index (χ2v) is 7.95. The van der Waals surface area contributed by atoms with Crippen molar-refractivity contribution in [2.75, 3.05) is 45.9 Å². The standard InChI is InChI=1S/C13H25N2O3S/c1-12(2)11-14-5-3-13(4-6-14)19(16,17)15-7-9-18-10-8-15/h13H,3-11H2,1-2H3. The second kappa shape index (κ2) is 6.52. The van der Waals surface area contributed by atoms with Crippen LogP contribution < -0.4 is 0 Å². The largest absolute Gasteiger partial charge is 0.379 e. The van der Waals surface area contributed by atoms with Crippen molar-refractivity contribution in [3.8, 4) is 0 Å². The summed E-state index contributed by atoms with van der Waals surface area (Å²) in [5.41, 5.74) is 0. The monoisotopic (exact) mass is 289 g/mol. The van der Waals surface area contributed by atoms with E-state index in [1.165, 1.54) is 5.92 Å². The van der Waals surface area contributed by atoms with Crippen LogP contribution in [0, 0.1) is 5.92 Å². The van der Waals surface area contributed by atoms with E-state index >= 15 is 0 Å². The topological polar surface area (TPSA) is 49.9 Å². The molecule has 19 heavy (non-hydrogen) atoms. The van der Waals surface area contributed by atoms with Crippen LogP contribution in [0.15, 0.2) is 0 Å². The van der Waals surface area contributed by atoms with Crippen LogP contribution in [-0.2, 0) is 14.8 Å². The first-order valence-corrected chi connectivity index (χ1v) is 8.58. The van der Waals surface area contributed by atoms with E-state index in [0.717, 1.165) is 32.5 Å². The Hall–Kier alpha value is -0.170. The van der Waals surface area contributed by atoms with Crippen molar-refractivity contribution in [1.29, 1.82) is 0 Å². The molecule has 2 heterocycles. The Morgan fingerprint density at radius 1 is 1.11 bits per heavy atom. The minimum atomic E-state index is -3.12. The van der Waals surface area contributed by atoms with Crippen LogP contribution >= 0.6 is 0 Å². The molecule has 2 saturated heterocycles. The second-order valence-electron chi connectivity index (χ2n) is 5.74. The molecule has 0 aromatic heterocycles. The maximum Gasteiger partial charge on any atom is 0.217 e. The van der Waals surface area contributed by atoms with Crippen LogP contribution in [0.5, 0.6) is 0 Å². The molecule has 0 N–H and O–H groups in total. The summed E-state index contributed by atoms with van der Waals surface area (Å²) in [7, 11) is -3.12. The third-order valence-corrected chi connectivity index (χ3v) is 6.22. The number of hydrogen-bond donors (Lipinski definition) is 0. The van der Waals surface area contributed by atoms with E-state index in [1.807, 2.05) is 0 Å². The summed E-state index contributed by atoms with van der Waals surface area (Å²) < 4.78 is 31.9. The minimum absolute atomic E-state index is 0.195. The lowest BCUT2D eigenvalue weighted by atomic mass is 10.1. The predicted octanol–water partition coefficient (Wildman–Crippen LogP) is 0.727. The molecule has 0 amide bonds. The van der Waals surface area contributed by atoms with Gasteiger partial charge in [0.2, 0.25) is 10.0 Å². The van der Waals surface area contributed by atoms with Gasteiger partial charge >= 0.3 is 0 Å². The Morgan fingerprint density at radius 2 is 1.68 bits per heavy atom. The summed E-state index contributed by atoms with van der Waals surface area (Å²) in [6, 6.07) is 0. The van der Waals surface area contributed by atoms with Crippen molar-refractivity contribution in [2.24, 2.45) is 0 Å². The van der Waals surface area contributed by atoms with Crippen LogP contribution in [0.3, 0.4) is 0 Å². The first-order valence-electron chi connectivity index (χ1n) is 7.08. The van der Waals surface area contributed by atoms with Crippen LogP contribution in [-0.4, -0.2) is 68.8 Å². The Morgan fingerprint density at radius 3 is 2.21 bits per heavy atom. The lowest BCUT2D eigenvalue weighted by Crippen LogP contribution is -2.49. The van der Waals surface area contributed by atoms with Gasteiger partial charge in [-0.15, -0.1) is 0 Å². The van der Waals surface area contributed by atoms with E-state index in [2.05, 4.69) is 18.7 Å². The molecule has 2 aliphatic rings. The fourth-order valence-corrected chi connectivity index (χ4v) is 4.71. The smallest absolute Gasteiger partial charge is 0.217 e. The molecule has 6 heteroatoms. The highest BCUT2D eigenvalue weighted by Gasteiger charge is 2.35. The summed E-state index contributed by atoms with van der Waals surface area (Å²) >= 11 is 0. The number of piperidine rings is 1. The van der Waals surface area contributed by atoms with Crippen molar-refractivity contribution in [1.82, 2.24) is 9.21 Å². The van der Waals surface area contributed by atoms with Gasteiger partial charge in [-0.1, -0.05) is 13.8 Å². The van der Waals surface area contributed by atoms with Crippen LogP contribution in [0.25, 0.3) is 0 Å². The fourth-order valence-electron chi connectivity index (χ4n) is 2.82. The number of morpholine rings is 1. The highest BCUT2D eigenvalue weighted by molar-refractivity contribution is 7.89. The SMILES string of the molecule is C[C](C)CN1CCC(S(=O)(=O)N2CCOCC2)CC1. The van der Waals surface area contributed by atoms with E-state index in [-0.39, 0.29) is 5.25 Å². The zero-order valence-electron chi connectivity index (χ0n) is 12.0. The first-order chi connectivity index (χ1) is 9.00. The number of rotatable bonds is 4. The highest BCUT2D eigenvalue weighted by Crippen LogP contribution is 2.22. The summed E-state index contributed by atoms with van der Waals surface area (Å²) in [6.07, 6.45) is 1.51. The van der Waals surface area contributed by atoms with Crippen molar-refractivity contribution < 1.29 is 13.2 Å². The third kappa shape index (κ3) is 3.90. The Kier molecular flexibility index (Phi) is 5.22. The molecule has 0 aliphatic carbocycles. The van der Waals surface area contributed by atoms with Gasteiger partial charge in [0.25, 0.3) is 0 Å². The molecule has 1 radical (unpaired) electrons. The van der Waals surface area contributed by atoms with Crippen molar-refractivity contribution in [3.63, 3.8) is 0 Å². The van der Waals surface area contributed by atoms with Crippen LogP contribution in [0.1, 0.15) is 26.7 Å². The molecule has 0 aromatic rings. The molecule has 0 unspecified atom stereocenters. The minimum Gasteiger partial charge on any atom is -0.379 e. The van der Waals surface area contributed by atoms with Crippen molar-refractivity contribution in [2.45, 2.75) is 31.9 Å². The third-order valence-electron chi connectivity index (χ3n) is 3.83. The maximum atomic E-state index is 12.5. The van der Waals surface area contributed by atoms with Gasteiger partial charge in [0.15, 0.2) is 0 Å². The number of ether oxygens (including phenoxy) is 1. The van der Waals surface area contributed by atoms with Gasteiger partial charge in [-0.2, -0.15) is 4.31 Å². The number of sulfonamides is 1. The molecular weight excluding hydrogens is 264 g/mol. The Bertz CT molecular complexity index is 369. The molecule has 2 fully saturated rings. The molecule has 2 aliphatic heterocycles. The van der Waals surface area contributed by atoms with Gasteiger partial charge < -0.3 is 9.64 Å². The lowest BCUT2D eigenvalue weighted by Gasteiger charge is -2.36. The molecule has 0 bridgehead atoms. The Balaban J connectivity index is 1.89. The van der Waals surface area contributed by atoms with Crippen molar-refractivity contribution in [3.05, 3.63) is 5.92 Å². The van der Waals surface area contributed by atoms with Gasteiger partial charge in [0.1, 0.15) is 0 Å². The van der Waals surface area contributed by atoms with Gasteiger partial charge in [0, 0.05) is 19.6 Å². The number of likely N-dealkylation sites (tertiary alicyclic amines) is 1. The van der Waals surface area contributed by atoms with E-state index in [1.54, 1.807) is 4.31 Å². The van der Waals surface area contributed by atoms with E-state index in [9.17, 15) is 8.42 Å². The zero-order valence-corrected chi connectivity index (χ0v) is 12.8. The Labute approximate surface area is 117 Å². The summed E-state index contributed by atoms with van der Waals surface area (Å²) in [4.78, 5) is 2.35. The number of hydrogen-bond acceptors (Lipinski definition) is 4. The molecule has 0 saturated carbocycles. The summed E-state index contributed by atoms with van der Waals surface area (Å²) in [6.45, 7) is 9.11. The van der Waals surface area contributed by atoms with Crippen molar-refractivity contribution >= 4 is 10.0 Å². The molecule has 0 aromatic carbocycles. The quantitative estimate of drug-likeness (QED) is 0.765. The van der Waals surface area contributed by atoms with Gasteiger partial charge in [-0.3, -0.25) is 0 Å². The normalized spacial score (nSPS) is 25.0. The molecule has 5 nitrogen and oxygen atoms in total. The highest BCUT2D eigenvalue weighted by atomic mass is 32.2. The molecule has 2 rings (SSSR count). The average Bonchev–Trinajstić information content (AvgIpc) is 2.40. The van der Waals surface area contributed by atoms with Crippen LogP contribution in [0.4, 0.5) is 0 Å². The summed E-state index contributed by atoms with van der Waals surface area (Å²) in [5, 5.41) is -0.195. The van der Waals surface area contributed by atoms with Gasteiger partial charge in [0.05, 0.1) is 18.5 Å². The van der Waals surface area contributed by atoms with Crippen LogP contribution in [0.2, 0.25) is 0 Å². The lowest BCUT2D eigenvalue weighted by molar-refractivity contribution is 0.0721. The van der Waals surface area contributed by atoms with E-state index in [0.29, 0.717) is 26.3 Å². The molecule has 111 valence electrons. The van der Waals surface area contributed by atoms with E-state index in [4.69, 9.17) is 4.74 Å².